The van der Waals surface area contributed by atoms with Gasteiger partial charge in [0.2, 0.25) is 5.91 Å². The molecule has 24 heavy (non-hydrogen) atoms. The summed E-state index contributed by atoms with van der Waals surface area (Å²) in [5.41, 5.74) is 1.27. The molecule has 0 unspecified atom stereocenters. The predicted molar refractivity (Wildman–Crippen MR) is 98.3 cm³/mol. The van der Waals surface area contributed by atoms with Gasteiger partial charge in [-0.25, -0.2) is 0 Å². The van der Waals surface area contributed by atoms with E-state index in [2.05, 4.69) is 5.32 Å². The number of benzene rings is 2. The summed E-state index contributed by atoms with van der Waals surface area (Å²) in [6.45, 7) is 2.45. The van der Waals surface area contributed by atoms with Gasteiger partial charge in [-0.2, -0.15) is 0 Å². The van der Waals surface area contributed by atoms with E-state index in [1.807, 2.05) is 13.0 Å². The Morgan fingerprint density at radius 3 is 2.67 bits per heavy atom. The van der Waals surface area contributed by atoms with Gasteiger partial charge in [0.15, 0.2) is 11.5 Å². The molecular formula is C18H17Cl2NO3. The molecule has 2 rings (SSSR count). The summed E-state index contributed by atoms with van der Waals surface area (Å²) in [6, 6.07) is 10.3. The number of amides is 1. The highest BCUT2D eigenvalue weighted by atomic mass is 35.5. The number of anilines is 1. The van der Waals surface area contributed by atoms with Gasteiger partial charge >= 0.3 is 0 Å². The lowest BCUT2D eigenvalue weighted by atomic mass is 10.2. The fraction of sp³-hybridized carbons (Fsp3) is 0.167. The zero-order valence-corrected chi connectivity index (χ0v) is 14.8. The Bertz CT molecular complexity index is 760. The molecule has 0 radical (unpaired) electrons. The van der Waals surface area contributed by atoms with Crippen LogP contribution in [0.3, 0.4) is 0 Å². The van der Waals surface area contributed by atoms with Crippen molar-refractivity contribution in [2.45, 2.75) is 6.92 Å². The first kappa shape index (κ1) is 18.2. The van der Waals surface area contributed by atoms with Gasteiger partial charge < -0.3 is 14.8 Å². The molecule has 126 valence electrons. The van der Waals surface area contributed by atoms with Crippen molar-refractivity contribution in [3.8, 4) is 11.5 Å². The summed E-state index contributed by atoms with van der Waals surface area (Å²) >= 11 is 11.9. The molecule has 0 bridgehead atoms. The highest BCUT2D eigenvalue weighted by Gasteiger charge is 2.06. The number of rotatable bonds is 6. The van der Waals surface area contributed by atoms with Crippen LogP contribution in [0.2, 0.25) is 10.0 Å². The molecule has 0 aromatic heterocycles. The van der Waals surface area contributed by atoms with Gasteiger partial charge in [0.25, 0.3) is 0 Å². The third-order valence-electron chi connectivity index (χ3n) is 3.10. The molecule has 0 atom stereocenters. The Labute approximate surface area is 151 Å². The van der Waals surface area contributed by atoms with Crippen LogP contribution in [-0.4, -0.2) is 19.6 Å². The molecule has 0 spiro atoms. The minimum atomic E-state index is -0.313. The highest BCUT2D eigenvalue weighted by molar-refractivity contribution is 6.35. The fourth-order valence-corrected chi connectivity index (χ4v) is 2.34. The van der Waals surface area contributed by atoms with E-state index in [1.165, 1.54) is 6.08 Å². The number of carbonyl (C=O) groups is 1. The lowest BCUT2D eigenvalue weighted by Crippen LogP contribution is -2.08. The number of ether oxygens (including phenoxy) is 2. The molecule has 2 aromatic carbocycles. The average molecular weight is 366 g/mol. The van der Waals surface area contributed by atoms with Gasteiger partial charge in [0, 0.05) is 11.1 Å². The zero-order chi connectivity index (χ0) is 17.5. The Morgan fingerprint density at radius 2 is 1.96 bits per heavy atom. The molecule has 0 saturated heterocycles. The molecule has 2 aromatic rings. The molecule has 1 N–H and O–H groups in total. The predicted octanol–water partition coefficient (Wildman–Crippen LogP) is 5.05. The molecular weight excluding hydrogens is 349 g/mol. The zero-order valence-electron chi connectivity index (χ0n) is 13.3. The van der Waals surface area contributed by atoms with Crippen LogP contribution in [-0.2, 0) is 4.79 Å². The van der Waals surface area contributed by atoms with Crippen molar-refractivity contribution < 1.29 is 14.3 Å². The quantitative estimate of drug-likeness (QED) is 0.728. The monoisotopic (exact) mass is 365 g/mol. The molecule has 4 nitrogen and oxygen atoms in total. The molecule has 0 heterocycles. The first-order valence-electron chi connectivity index (χ1n) is 7.28. The third kappa shape index (κ3) is 4.91. The molecule has 0 aliphatic rings. The minimum Gasteiger partial charge on any atom is -0.493 e. The first-order chi connectivity index (χ1) is 11.5. The van der Waals surface area contributed by atoms with Crippen LogP contribution < -0.4 is 14.8 Å². The summed E-state index contributed by atoms with van der Waals surface area (Å²) in [7, 11) is 1.57. The fourth-order valence-electron chi connectivity index (χ4n) is 2.00. The summed E-state index contributed by atoms with van der Waals surface area (Å²) < 4.78 is 10.7. The summed E-state index contributed by atoms with van der Waals surface area (Å²) in [5, 5.41) is 3.60. The maximum absolute atomic E-state index is 12.0. The van der Waals surface area contributed by atoms with Gasteiger partial charge in [0.05, 0.1) is 24.4 Å². The van der Waals surface area contributed by atoms with Crippen LogP contribution >= 0.6 is 23.2 Å². The van der Waals surface area contributed by atoms with Gasteiger partial charge in [0.1, 0.15) is 0 Å². The van der Waals surface area contributed by atoms with E-state index in [0.29, 0.717) is 33.8 Å². The number of hydrogen-bond donors (Lipinski definition) is 1. The third-order valence-corrected chi connectivity index (χ3v) is 3.67. The van der Waals surface area contributed by atoms with Crippen LogP contribution in [0.1, 0.15) is 12.5 Å². The van der Waals surface area contributed by atoms with Crippen molar-refractivity contribution in [1.29, 1.82) is 0 Å². The number of carbonyl (C=O) groups excluding carboxylic acids is 1. The standard InChI is InChI=1S/C18H17Cl2NO3/c1-3-24-16-8-4-12(10-17(16)23-2)5-9-18(22)21-15-11-13(19)6-7-14(15)20/h4-11H,3H2,1-2H3,(H,21,22)/b9-5+. The lowest BCUT2D eigenvalue weighted by molar-refractivity contribution is -0.111. The lowest BCUT2D eigenvalue weighted by Gasteiger charge is -2.09. The number of methoxy groups -OCH3 is 1. The van der Waals surface area contributed by atoms with E-state index in [9.17, 15) is 4.79 Å². The Kier molecular flexibility index (Phi) is 6.53. The maximum atomic E-state index is 12.0. The number of nitrogens with one attached hydrogen (secondary N) is 1. The largest absolute Gasteiger partial charge is 0.493 e. The van der Waals surface area contributed by atoms with Crippen molar-refractivity contribution in [3.05, 3.63) is 58.1 Å². The van der Waals surface area contributed by atoms with Crippen molar-refractivity contribution >= 4 is 40.9 Å². The second-order valence-corrected chi connectivity index (χ2v) is 5.63. The number of halogens is 2. The molecule has 0 saturated carbocycles. The Balaban J connectivity index is 2.09. The Morgan fingerprint density at radius 1 is 1.17 bits per heavy atom. The smallest absolute Gasteiger partial charge is 0.248 e. The topological polar surface area (TPSA) is 47.6 Å². The van der Waals surface area contributed by atoms with E-state index in [4.69, 9.17) is 32.7 Å². The van der Waals surface area contributed by atoms with E-state index >= 15 is 0 Å². The Hall–Kier alpha value is -2.17. The maximum Gasteiger partial charge on any atom is 0.248 e. The SMILES string of the molecule is CCOc1ccc(/C=C/C(=O)Nc2cc(Cl)ccc2Cl)cc1OC. The van der Waals surface area contributed by atoms with Crippen LogP contribution in [0, 0.1) is 0 Å². The summed E-state index contributed by atoms with van der Waals surface area (Å²) in [4.78, 5) is 12.0. The van der Waals surface area contributed by atoms with Crippen LogP contribution in [0.5, 0.6) is 11.5 Å². The van der Waals surface area contributed by atoms with E-state index < -0.39 is 0 Å². The van der Waals surface area contributed by atoms with Crippen molar-refractivity contribution in [1.82, 2.24) is 0 Å². The van der Waals surface area contributed by atoms with Gasteiger partial charge in [-0.3, -0.25) is 4.79 Å². The van der Waals surface area contributed by atoms with Crippen LogP contribution in [0.4, 0.5) is 5.69 Å². The van der Waals surface area contributed by atoms with Gasteiger partial charge in [-0.05, 0) is 48.9 Å². The van der Waals surface area contributed by atoms with Crippen molar-refractivity contribution in [2.75, 3.05) is 19.0 Å². The van der Waals surface area contributed by atoms with Crippen molar-refractivity contribution in [2.24, 2.45) is 0 Å². The van der Waals surface area contributed by atoms with Gasteiger partial charge in [-0.15, -0.1) is 0 Å². The first-order valence-corrected chi connectivity index (χ1v) is 8.04. The molecule has 6 heteroatoms. The molecule has 0 aliphatic carbocycles. The van der Waals surface area contributed by atoms with E-state index in [-0.39, 0.29) is 5.91 Å². The van der Waals surface area contributed by atoms with E-state index in [0.717, 1.165) is 5.56 Å². The normalized spacial score (nSPS) is 10.7. The van der Waals surface area contributed by atoms with Crippen LogP contribution in [0.15, 0.2) is 42.5 Å². The van der Waals surface area contributed by atoms with Gasteiger partial charge in [-0.1, -0.05) is 29.3 Å². The molecule has 0 fully saturated rings. The number of hydrogen-bond acceptors (Lipinski definition) is 3. The summed E-state index contributed by atoms with van der Waals surface area (Å²) in [6.07, 6.45) is 3.08. The second kappa shape index (κ2) is 8.62. The molecule has 1 amide bonds. The summed E-state index contributed by atoms with van der Waals surface area (Å²) in [5.74, 6) is 0.955. The second-order valence-electron chi connectivity index (χ2n) is 4.79. The van der Waals surface area contributed by atoms with Crippen molar-refractivity contribution in [3.63, 3.8) is 0 Å². The molecule has 0 aliphatic heterocycles. The van der Waals surface area contributed by atoms with E-state index in [1.54, 1.807) is 43.5 Å². The minimum absolute atomic E-state index is 0.313. The van der Waals surface area contributed by atoms with Crippen LogP contribution in [0.25, 0.3) is 6.08 Å². The highest BCUT2D eigenvalue weighted by Crippen LogP contribution is 2.29. The average Bonchev–Trinajstić information content (AvgIpc) is 2.57.